The van der Waals surface area contributed by atoms with E-state index in [0.717, 1.165) is 0 Å². The number of carbonyl (C=O) groups is 1. The highest BCUT2D eigenvalue weighted by Crippen LogP contribution is 2.24. The summed E-state index contributed by atoms with van der Waals surface area (Å²) in [5.41, 5.74) is 0. The van der Waals surface area contributed by atoms with Gasteiger partial charge in [0, 0.05) is 11.5 Å². The van der Waals surface area contributed by atoms with Crippen LogP contribution in [0.3, 0.4) is 0 Å². The lowest BCUT2D eigenvalue weighted by atomic mass is 10.4. The Labute approximate surface area is 113 Å². The zero-order valence-electron chi connectivity index (χ0n) is 8.83. The molecule has 0 aliphatic heterocycles. The fourth-order valence-electron chi connectivity index (χ4n) is 1.02. The van der Waals surface area contributed by atoms with Crippen molar-refractivity contribution >= 4 is 43.5 Å². The van der Waals surface area contributed by atoms with Gasteiger partial charge in [-0.3, -0.25) is 4.79 Å². The predicted molar refractivity (Wildman–Crippen MR) is 68.4 cm³/mol. The van der Waals surface area contributed by atoms with Gasteiger partial charge < -0.3 is 5.32 Å². The van der Waals surface area contributed by atoms with Crippen LogP contribution < -0.4 is 10.0 Å². The number of likely N-dealkylation sites (N-methyl/N-ethyl adjacent to an activating group) is 1. The van der Waals surface area contributed by atoms with Crippen LogP contribution in [0, 0.1) is 0 Å². The second-order valence-electron chi connectivity index (χ2n) is 3.07. The van der Waals surface area contributed by atoms with E-state index >= 15 is 0 Å². The van der Waals surface area contributed by atoms with Crippen LogP contribution in [0.2, 0.25) is 5.02 Å². The molecule has 1 rings (SSSR count). The van der Waals surface area contributed by atoms with E-state index in [1.807, 2.05) is 0 Å². The van der Waals surface area contributed by atoms with E-state index in [2.05, 4.69) is 26.0 Å². The summed E-state index contributed by atoms with van der Waals surface area (Å²) < 4.78 is 26.4. The van der Waals surface area contributed by atoms with E-state index < -0.39 is 15.9 Å². The van der Waals surface area contributed by atoms with Gasteiger partial charge in [0.1, 0.15) is 4.90 Å². The summed E-state index contributed by atoms with van der Waals surface area (Å²) in [6, 6.07) is 4.38. The van der Waals surface area contributed by atoms with E-state index in [1.165, 1.54) is 19.2 Å². The molecule has 0 bridgehead atoms. The molecule has 0 saturated heterocycles. The standard InChI is InChI=1S/C9H10BrClN2O3S/c1-12-9(14)5-13-17(15,16)8-3-2-6(10)4-7(8)11/h2-4,13H,5H2,1H3,(H,12,14). The number of hydrogen-bond acceptors (Lipinski definition) is 3. The molecule has 1 aromatic carbocycles. The monoisotopic (exact) mass is 340 g/mol. The first kappa shape index (κ1) is 14.4. The van der Waals surface area contributed by atoms with Gasteiger partial charge in [0.15, 0.2) is 0 Å². The molecule has 5 nitrogen and oxygen atoms in total. The molecule has 0 radical (unpaired) electrons. The zero-order valence-corrected chi connectivity index (χ0v) is 12.0. The van der Waals surface area contributed by atoms with Crippen LogP contribution in [-0.2, 0) is 14.8 Å². The second kappa shape index (κ2) is 5.81. The molecule has 0 fully saturated rings. The normalized spacial score (nSPS) is 11.2. The summed E-state index contributed by atoms with van der Waals surface area (Å²) in [6.07, 6.45) is 0. The smallest absolute Gasteiger partial charge is 0.242 e. The summed E-state index contributed by atoms with van der Waals surface area (Å²) in [6.45, 7) is -0.328. The number of hydrogen-bond donors (Lipinski definition) is 2. The van der Waals surface area contributed by atoms with Crippen molar-refractivity contribution < 1.29 is 13.2 Å². The Morgan fingerprint density at radius 1 is 1.47 bits per heavy atom. The molecule has 1 aromatic rings. The number of benzene rings is 1. The molecular formula is C9H10BrClN2O3S. The quantitative estimate of drug-likeness (QED) is 0.862. The van der Waals surface area contributed by atoms with Gasteiger partial charge in [-0.2, -0.15) is 0 Å². The van der Waals surface area contributed by atoms with Crippen molar-refractivity contribution in [1.29, 1.82) is 0 Å². The summed E-state index contributed by atoms with van der Waals surface area (Å²) in [4.78, 5) is 10.9. The molecule has 0 atom stereocenters. The number of nitrogens with one attached hydrogen (secondary N) is 2. The van der Waals surface area contributed by atoms with Gasteiger partial charge >= 0.3 is 0 Å². The van der Waals surface area contributed by atoms with Crippen LogP contribution >= 0.6 is 27.5 Å². The molecule has 17 heavy (non-hydrogen) atoms. The van der Waals surface area contributed by atoms with E-state index in [1.54, 1.807) is 6.07 Å². The highest BCUT2D eigenvalue weighted by molar-refractivity contribution is 9.10. The molecule has 94 valence electrons. The third-order valence-electron chi connectivity index (χ3n) is 1.89. The van der Waals surface area contributed by atoms with Crippen LogP contribution in [0.1, 0.15) is 0 Å². The van der Waals surface area contributed by atoms with E-state index in [9.17, 15) is 13.2 Å². The van der Waals surface area contributed by atoms with Gasteiger partial charge in [-0.1, -0.05) is 27.5 Å². The Kier molecular flexibility index (Phi) is 4.93. The lowest BCUT2D eigenvalue weighted by Crippen LogP contribution is -2.35. The SMILES string of the molecule is CNC(=O)CNS(=O)(=O)c1ccc(Br)cc1Cl. The minimum atomic E-state index is -3.78. The van der Waals surface area contributed by atoms with Crippen LogP contribution in [0.4, 0.5) is 0 Å². The van der Waals surface area contributed by atoms with E-state index in [0.29, 0.717) is 4.47 Å². The van der Waals surface area contributed by atoms with Gasteiger partial charge in [0.05, 0.1) is 11.6 Å². The molecule has 2 N–H and O–H groups in total. The van der Waals surface area contributed by atoms with Crippen LogP contribution in [0.15, 0.2) is 27.6 Å². The molecule has 1 amide bonds. The fourth-order valence-corrected chi connectivity index (χ4v) is 3.04. The summed E-state index contributed by atoms with van der Waals surface area (Å²) >= 11 is 8.99. The molecule has 0 heterocycles. The van der Waals surface area contributed by atoms with Crippen LogP contribution in [0.5, 0.6) is 0 Å². The minimum absolute atomic E-state index is 0.0636. The number of carbonyl (C=O) groups excluding carboxylic acids is 1. The average Bonchev–Trinajstić information content (AvgIpc) is 2.25. The lowest BCUT2D eigenvalue weighted by Gasteiger charge is -2.07. The Morgan fingerprint density at radius 2 is 2.12 bits per heavy atom. The molecule has 0 unspecified atom stereocenters. The van der Waals surface area contributed by atoms with Gasteiger partial charge in [-0.15, -0.1) is 0 Å². The Bertz CT molecular complexity index is 533. The van der Waals surface area contributed by atoms with E-state index in [-0.39, 0.29) is 16.5 Å². The maximum Gasteiger partial charge on any atom is 0.242 e. The van der Waals surface area contributed by atoms with Crippen molar-refractivity contribution in [2.45, 2.75) is 4.90 Å². The number of halogens is 2. The predicted octanol–water partition coefficient (Wildman–Crippen LogP) is 1.13. The van der Waals surface area contributed by atoms with Gasteiger partial charge in [-0.25, -0.2) is 13.1 Å². The largest absolute Gasteiger partial charge is 0.358 e. The minimum Gasteiger partial charge on any atom is -0.358 e. The summed E-state index contributed by atoms with van der Waals surface area (Å²) in [5, 5.41) is 2.39. The molecule has 0 spiro atoms. The van der Waals surface area contributed by atoms with Crippen molar-refractivity contribution in [3.63, 3.8) is 0 Å². The maximum atomic E-state index is 11.8. The van der Waals surface area contributed by atoms with Crippen molar-refractivity contribution in [1.82, 2.24) is 10.0 Å². The van der Waals surface area contributed by atoms with Crippen LogP contribution in [0.25, 0.3) is 0 Å². The van der Waals surface area contributed by atoms with Crippen molar-refractivity contribution in [2.24, 2.45) is 0 Å². The third kappa shape index (κ3) is 3.95. The van der Waals surface area contributed by atoms with Gasteiger partial charge in [0.2, 0.25) is 15.9 Å². The Balaban J connectivity index is 2.94. The summed E-state index contributed by atoms with van der Waals surface area (Å²) in [5.74, 6) is -0.429. The fraction of sp³-hybridized carbons (Fsp3) is 0.222. The highest BCUT2D eigenvalue weighted by Gasteiger charge is 2.18. The number of amides is 1. The van der Waals surface area contributed by atoms with Crippen molar-refractivity contribution in [2.75, 3.05) is 13.6 Å². The Morgan fingerprint density at radius 3 is 2.65 bits per heavy atom. The Hall–Kier alpha value is -0.630. The molecule has 0 saturated carbocycles. The molecule has 0 aliphatic carbocycles. The third-order valence-corrected chi connectivity index (χ3v) is 4.26. The summed E-state index contributed by atoms with van der Waals surface area (Å²) in [7, 11) is -2.36. The highest BCUT2D eigenvalue weighted by atomic mass is 79.9. The van der Waals surface area contributed by atoms with Gasteiger partial charge in [-0.05, 0) is 18.2 Å². The zero-order chi connectivity index (χ0) is 13.1. The number of rotatable bonds is 4. The average molecular weight is 342 g/mol. The van der Waals surface area contributed by atoms with Gasteiger partial charge in [0.25, 0.3) is 0 Å². The lowest BCUT2D eigenvalue weighted by molar-refractivity contribution is -0.119. The maximum absolute atomic E-state index is 11.8. The molecular weight excluding hydrogens is 332 g/mol. The number of sulfonamides is 1. The topological polar surface area (TPSA) is 75.3 Å². The first-order chi connectivity index (χ1) is 7.86. The molecule has 0 aliphatic rings. The first-order valence-corrected chi connectivity index (χ1v) is 7.17. The first-order valence-electron chi connectivity index (χ1n) is 4.52. The van der Waals surface area contributed by atoms with Crippen molar-refractivity contribution in [3.8, 4) is 0 Å². The molecule has 8 heteroatoms. The van der Waals surface area contributed by atoms with Crippen molar-refractivity contribution in [3.05, 3.63) is 27.7 Å². The van der Waals surface area contributed by atoms with Crippen LogP contribution in [-0.4, -0.2) is 27.9 Å². The van der Waals surface area contributed by atoms with E-state index in [4.69, 9.17) is 11.6 Å². The molecule has 0 aromatic heterocycles. The second-order valence-corrected chi connectivity index (χ2v) is 6.13.